The van der Waals surface area contributed by atoms with Gasteiger partial charge >= 0.3 is 5.97 Å². The van der Waals surface area contributed by atoms with Gasteiger partial charge in [0.15, 0.2) is 0 Å². The van der Waals surface area contributed by atoms with Gasteiger partial charge in [0.05, 0.1) is 18.1 Å². The molecule has 14 heavy (non-hydrogen) atoms. The van der Waals surface area contributed by atoms with E-state index < -0.39 is 5.97 Å². The minimum Gasteiger partial charge on any atom is -0.478 e. The molecule has 0 aliphatic heterocycles. The molecular formula is C11H11NO2. The largest absolute Gasteiger partial charge is 0.478 e. The van der Waals surface area contributed by atoms with E-state index in [0.29, 0.717) is 0 Å². The summed E-state index contributed by atoms with van der Waals surface area (Å²) in [5.41, 5.74) is 2.77. The number of aryl methyl sites for hydroxylation is 2. The second-order valence-electron chi connectivity index (χ2n) is 3.23. The summed E-state index contributed by atoms with van der Waals surface area (Å²) in [5, 5.41) is 17.4. The Labute approximate surface area is 82.6 Å². The zero-order valence-corrected chi connectivity index (χ0v) is 8.16. The summed E-state index contributed by atoms with van der Waals surface area (Å²) in [6.45, 7) is 3.64. The number of hydrogen-bond acceptors (Lipinski definition) is 2. The van der Waals surface area contributed by atoms with E-state index >= 15 is 0 Å². The lowest BCUT2D eigenvalue weighted by Gasteiger charge is -2.06. The number of carbonyl (C=O) groups is 1. The molecule has 0 aliphatic carbocycles. The van der Waals surface area contributed by atoms with Crippen LogP contribution < -0.4 is 0 Å². The van der Waals surface area contributed by atoms with Crippen molar-refractivity contribution in [3.63, 3.8) is 0 Å². The fraction of sp³-hybridized carbons (Fsp3) is 0.273. The van der Waals surface area contributed by atoms with E-state index in [2.05, 4.69) is 0 Å². The summed E-state index contributed by atoms with van der Waals surface area (Å²) in [7, 11) is 0. The third kappa shape index (κ3) is 1.91. The predicted molar refractivity (Wildman–Crippen MR) is 52.2 cm³/mol. The molecule has 1 rings (SSSR count). The first-order chi connectivity index (χ1) is 6.56. The van der Waals surface area contributed by atoms with Gasteiger partial charge in [0.1, 0.15) is 0 Å². The number of carboxylic acid groups (broad SMARTS) is 1. The maximum absolute atomic E-state index is 10.8. The molecule has 1 N–H and O–H groups in total. The molecule has 0 radical (unpaired) electrons. The summed E-state index contributed by atoms with van der Waals surface area (Å²) in [6, 6.07) is 5.40. The highest BCUT2D eigenvalue weighted by molar-refractivity contribution is 5.89. The molecular weight excluding hydrogens is 178 g/mol. The standard InChI is InChI=1S/C11H11NO2/c1-7-5-8(2)10(11(13)14)6-9(7)3-4-12/h5-6H,3H2,1-2H3,(H,13,14). The first-order valence-electron chi connectivity index (χ1n) is 4.26. The monoisotopic (exact) mass is 189 g/mol. The van der Waals surface area contributed by atoms with E-state index in [1.165, 1.54) is 0 Å². The van der Waals surface area contributed by atoms with Crippen LogP contribution in [0.4, 0.5) is 0 Å². The van der Waals surface area contributed by atoms with Crippen LogP contribution in [0.15, 0.2) is 12.1 Å². The fourth-order valence-electron chi connectivity index (χ4n) is 1.40. The summed E-state index contributed by atoms with van der Waals surface area (Å²) < 4.78 is 0. The molecule has 0 aromatic heterocycles. The first kappa shape index (κ1) is 10.3. The molecule has 0 aliphatic rings. The normalized spacial score (nSPS) is 9.50. The SMILES string of the molecule is Cc1cc(C)c(C(=O)O)cc1CC#N. The first-order valence-corrected chi connectivity index (χ1v) is 4.26. The Morgan fingerprint density at radius 1 is 1.43 bits per heavy atom. The molecule has 0 spiro atoms. The lowest BCUT2D eigenvalue weighted by Crippen LogP contribution is -2.02. The third-order valence-corrected chi connectivity index (χ3v) is 2.18. The summed E-state index contributed by atoms with van der Waals surface area (Å²) >= 11 is 0. The Morgan fingerprint density at radius 3 is 2.57 bits per heavy atom. The number of benzene rings is 1. The van der Waals surface area contributed by atoms with Crippen LogP contribution in [0.3, 0.4) is 0 Å². The summed E-state index contributed by atoms with van der Waals surface area (Å²) in [5.74, 6) is -0.943. The van der Waals surface area contributed by atoms with Crippen molar-refractivity contribution in [1.29, 1.82) is 5.26 Å². The molecule has 0 heterocycles. The highest BCUT2D eigenvalue weighted by atomic mass is 16.4. The number of rotatable bonds is 2. The molecule has 0 bridgehead atoms. The second kappa shape index (κ2) is 3.93. The van der Waals surface area contributed by atoms with Crippen LogP contribution in [0.5, 0.6) is 0 Å². The van der Waals surface area contributed by atoms with Crippen molar-refractivity contribution >= 4 is 5.97 Å². The predicted octanol–water partition coefficient (Wildman–Crippen LogP) is 2.07. The Hall–Kier alpha value is -1.82. The third-order valence-electron chi connectivity index (χ3n) is 2.18. The molecule has 0 saturated carbocycles. The molecule has 72 valence electrons. The number of aromatic carboxylic acids is 1. The zero-order valence-electron chi connectivity index (χ0n) is 8.16. The van der Waals surface area contributed by atoms with Gasteiger partial charge in [-0.3, -0.25) is 0 Å². The van der Waals surface area contributed by atoms with Gasteiger partial charge in [-0.25, -0.2) is 4.79 Å². The van der Waals surface area contributed by atoms with Crippen molar-refractivity contribution in [2.24, 2.45) is 0 Å². The van der Waals surface area contributed by atoms with Gasteiger partial charge in [-0.15, -0.1) is 0 Å². The van der Waals surface area contributed by atoms with Gasteiger partial charge in [0, 0.05) is 0 Å². The van der Waals surface area contributed by atoms with E-state index in [1.54, 1.807) is 19.1 Å². The molecule has 0 atom stereocenters. The van der Waals surface area contributed by atoms with Gasteiger partial charge in [-0.2, -0.15) is 5.26 Å². The topological polar surface area (TPSA) is 61.1 Å². The van der Waals surface area contributed by atoms with Gasteiger partial charge in [-0.1, -0.05) is 6.07 Å². The molecule has 1 aromatic carbocycles. The minimum absolute atomic E-state index is 0.256. The summed E-state index contributed by atoms with van der Waals surface area (Å²) in [4.78, 5) is 10.8. The molecule has 1 aromatic rings. The van der Waals surface area contributed by atoms with Crippen LogP contribution >= 0.6 is 0 Å². The number of nitrogens with zero attached hydrogens (tertiary/aromatic N) is 1. The van der Waals surface area contributed by atoms with Gasteiger partial charge in [-0.05, 0) is 36.6 Å². The van der Waals surface area contributed by atoms with Crippen LogP contribution in [0.2, 0.25) is 0 Å². The van der Waals surface area contributed by atoms with Gasteiger partial charge in [0.2, 0.25) is 0 Å². The van der Waals surface area contributed by atoms with Crippen molar-refractivity contribution in [2.75, 3.05) is 0 Å². The Balaban J connectivity index is 3.28. The van der Waals surface area contributed by atoms with Crippen molar-refractivity contribution in [3.8, 4) is 6.07 Å². The molecule has 3 heteroatoms. The fourth-order valence-corrected chi connectivity index (χ4v) is 1.40. The smallest absolute Gasteiger partial charge is 0.335 e. The van der Waals surface area contributed by atoms with Crippen LogP contribution in [0.25, 0.3) is 0 Å². The highest BCUT2D eigenvalue weighted by Gasteiger charge is 2.09. The van der Waals surface area contributed by atoms with Crippen LogP contribution in [-0.4, -0.2) is 11.1 Å². The maximum atomic E-state index is 10.8. The average Bonchev–Trinajstić information content (AvgIpc) is 2.09. The average molecular weight is 189 g/mol. The van der Waals surface area contributed by atoms with E-state index in [9.17, 15) is 4.79 Å². The van der Waals surface area contributed by atoms with Crippen molar-refractivity contribution in [2.45, 2.75) is 20.3 Å². The highest BCUT2D eigenvalue weighted by Crippen LogP contribution is 2.16. The molecule has 0 saturated heterocycles. The van der Waals surface area contributed by atoms with E-state index in [0.717, 1.165) is 16.7 Å². The Kier molecular flexibility index (Phi) is 2.88. The molecule has 3 nitrogen and oxygen atoms in total. The molecule has 0 fully saturated rings. The lowest BCUT2D eigenvalue weighted by atomic mass is 9.98. The number of nitriles is 1. The van der Waals surface area contributed by atoms with E-state index in [-0.39, 0.29) is 12.0 Å². The Bertz CT molecular complexity index is 416. The number of hydrogen-bond donors (Lipinski definition) is 1. The zero-order chi connectivity index (χ0) is 10.7. The number of carboxylic acids is 1. The van der Waals surface area contributed by atoms with Crippen LogP contribution in [0.1, 0.15) is 27.0 Å². The maximum Gasteiger partial charge on any atom is 0.335 e. The van der Waals surface area contributed by atoms with Gasteiger partial charge < -0.3 is 5.11 Å². The van der Waals surface area contributed by atoms with Crippen LogP contribution in [-0.2, 0) is 6.42 Å². The quantitative estimate of drug-likeness (QED) is 0.774. The second-order valence-corrected chi connectivity index (χ2v) is 3.23. The molecule has 0 unspecified atom stereocenters. The summed E-state index contributed by atoms with van der Waals surface area (Å²) in [6.07, 6.45) is 0.256. The van der Waals surface area contributed by atoms with E-state index in [4.69, 9.17) is 10.4 Å². The van der Waals surface area contributed by atoms with Crippen molar-refractivity contribution in [1.82, 2.24) is 0 Å². The van der Waals surface area contributed by atoms with E-state index in [1.807, 2.05) is 13.0 Å². The minimum atomic E-state index is -0.943. The van der Waals surface area contributed by atoms with Crippen LogP contribution in [0, 0.1) is 25.2 Å². The molecule has 0 amide bonds. The van der Waals surface area contributed by atoms with Crippen molar-refractivity contribution in [3.05, 3.63) is 34.4 Å². The lowest BCUT2D eigenvalue weighted by molar-refractivity contribution is 0.0696. The van der Waals surface area contributed by atoms with Gasteiger partial charge in [0.25, 0.3) is 0 Å². The van der Waals surface area contributed by atoms with Crippen molar-refractivity contribution < 1.29 is 9.90 Å². The Morgan fingerprint density at radius 2 is 2.07 bits per heavy atom.